The number of rotatable bonds is 5. The number of nitrogens with zero attached hydrogens (tertiary/aromatic N) is 2. The molecular weight excluding hydrogens is 270 g/mol. The SMILES string of the molecule is CN(C)C(=O)c1ccc([N+](=O)[O-])c(NCC2(C)CCC2)c1. The van der Waals surface area contributed by atoms with Crippen molar-refractivity contribution in [3.63, 3.8) is 0 Å². The number of hydrogen-bond donors (Lipinski definition) is 1. The highest BCUT2D eigenvalue weighted by atomic mass is 16.6. The molecule has 0 atom stereocenters. The fourth-order valence-electron chi connectivity index (χ4n) is 2.49. The van der Waals surface area contributed by atoms with Crippen LogP contribution in [0.15, 0.2) is 18.2 Å². The Hall–Kier alpha value is -2.11. The molecule has 1 saturated carbocycles. The number of carbonyl (C=O) groups is 1. The minimum atomic E-state index is -0.421. The molecule has 21 heavy (non-hydrogen) atoms. The molecule has 114 valence electrons. The summed E-state index contributed by atoms with van der Waals surface area (Å²) in [6.45, 7) is 2.86. The van der Waals surface area contributed by atoms with Crippen molar-refractivity contribution in [2.24, 2.45) is 5.41 Å². The van der Waals surface area contributed by atoms with Crippen LogP contribution < -0.4 is 5.32 Å². The average molecular weight is 291 g/mol. The van der Waals surface area contributed by atoms with Crippen LogP contribution in [0.25, 0.3) is 0 Å². The molecule has 6 nitrogen and oxygen atoms in total. The van der Waals surface area contributed by atoms with Crippen molar-refractivity contribution >= 4 is 17.3 Å². The number of nitrogens with one attached hydrogen (secondary N) is 1. The molecule has 1 N–H and O–H groups in total. The smallest absolute Gasteiger partial charge is 0.292 e. The Kier molecular flexibility index (Phi) is 4.16. The van der Waals surface area contributed by atoms with E-state index in [4.69, 9.17) is 0 Å². The van der Waals surface area contributed by atoms with Crippen molar-refractivity contribution in [2.75, 3.05) is 26.0 Å². The van der Waals surface area contributed by atoms with E-state index in [1.54, 1.807) is 20.2 Å². The van der Waals surface area contributed by atoms with Crippen molar-refractivity contribution in [1.29, 1.82) is 0 Å². The van der Waals surface area contributed by atoms with Gasteiger partial charge in [0.25, 0.3) is 11.6 Å². The van der Waals surface area contributed by atoms with Gasteiger partial charge in [-0.15, -0.1) is 0 Å². The zero-order chi connectivity index (χ0) is 15.6. The third-order valence-electron chi connectivity index (χ3n) is 4.11. The third-order valence-corrected chi connectivity index (χ3v) is 4.11. The lowest BCUT2D eigenvalue weighted by atomic mass is 9.70. The van der Waals surface area contributed by atoms with Crippen molar-refractivity contribution in [1.82, 2.24) is 4.90 Å². The Morgan fingerprint density at radius 2 is 2.10 bits per heavy atom. The molecule has 1 aliphatic carbocycles. The van der Waals surface area contributed by atoms with Crippen LogP contribution in [0.5, 0.6) is 0 Å². The number of carbonyl (C=O) groups excluding carboxylic acids is 1. The Balaban J connectivity index is 2.24. The molecule has 1 aromatic rings. The lowest BCUT2D eigenvalue weighted by Crippen LogP contribution is -2.33. The van der Waals surface area contributed by atoms with Gasteiger partial charge in [0.15, 0.2) is 0 Å². The number of nitro benzene ring substituents is 1. The van der Waals surface area contributed by atoms with Gasteiger partial charge in [-0.3, -0.25) is 14.9 Å². The highest BCUT2D eigenvalue weighted by Crippen LogP contribution is 2.40. The summed E-state index contributed by atoms with van der Waals surface area (Å²) in [6, 6.07) is 4.46. The van der Waals surface area contributed by atoms with Crippen molar-refractivity contribution in [3.05, 3.63) is 33.9 Å². The van der Waals surface area contributed by atoms with E-state index in [9.17, 15) is 14.9 Å². The molecule has 1 fully saturated rings. The van der Waals surface area contributed by atoms with E-state index < -0.39 is 4.92 Å². The lowest BCUT2D eigenvalue weighted by Gasteiger charge is -2.38. The quantitative estimate of drug-likeness (QED) is 0.668. The summed E-state index contributed by atoms with van der Waals surface area (Å²) in [6.07, 6.45) is 3.47. The summed E-state index contributed by atoms with van der Waals surface area (Å²) >= 11 is 0. The van der Waals surface area contributed by atoms with E-state index in [0.717, 1.165) is 12.8 Å². The third kappa shape index (κ3) is 3.32. The fourth-order valence-corrected chi connectivity index (χ4v) is 2.49. The molecule has 0 spiro atoms. The molecule has 0 saturated heterocycles. The number of amides is 1. The minimum Gasteiger partial charge on any atom is -0.379 e. The van der Waals surface area contributed by atoms with Gasteiger partial charge < -0.3 is 10.2 Å². The molecule has 0 aliphatic heterocycles. The number of hydrogen-bond acceptors (Lipinski definition) is 4. The van der Waals surface area contributed by atoms with Crippen LogP contribution >= 0.6 is 0 Å². The molecule has 2 rings (SSSR count). The van der Waals surface area contributed by atoms with Crippen LogP contribution in [0, 0.1) is 15.5 Å². The summed E-state index contributed by atoms with van der Waals surface area (Å²) in [4.78, 5) is 24.1. The number of nitro groups is 1. The molecule has 6 heteroatoms. The summed E-state index contributed by atoms with van der Waals surface area (Å²) in [5.74, 6) is -0.164. The van der Waals surface area contributed by atoms with Crippen LogP contribution in [0.1, 0.15) is 36.5 Å². The lowest BCUT2D eigenvalue weighted by molar-refractivity contribution is -0.384. The maximum atomic E-state index is 12.0. The van der Waals surface area contributed by atoms with Crippen molar-refractivity contribution in [2.45, 2.75) is 26.2 Å². The van der Waals surface area contributed by atoms with E-state index in [0.29, 0.717) is 17.8 Å². The van der Waals surface area contributed by atoms with Gasteiger partial charge in [-0.2, -0.15) is 0 Å². The average Bonchev–Trinajstić information content (AvgIpc) is 2.41. The molecule has 0 unspecified atom stereocenters. The van der Waals surface area contributed by atoms with Gasteiger partial charge in [0.2, 0.25) is 0 Å². The first-order valence-electron chi connectivity index (χ1n) is 7.06. The first kappa shape index (κ1) is 15.3. The van der Waals surface area contributed by atoms with Gasteiger partial charge in [-0.1, -0.05) is 13.3 Å². The van der Waals surface area contributed by atoms with Crippen LogP contribution in [0.2, 0.25) is 0 Å². The molecular formula is C15H21N3O3. The van der Waals surface area contributed by atoms with E-state index in [2.05, 4.69) is 12.2 Å². The summed E-state index contributed by atoms with van der Waals surface area (Å²) in [5, 5.41) is 14.3. The second-order valence-electron chi connectivity index (χ2n) is 6.21. The van der Waals surface area contributed by atoms with Crippen molar-refractivity contribution in [3.8, 4) is 0 Å². The standard InChI is InChI=1S/C15H21N3O3/c1-15(7-4-8-15)10-16-12-9-11(14(19)17(2)3)5-6-13(12)18(20)21/h5-6,9,16H,4,7-8,10H2,1-3H3. The summed E-state index contributed by atoms with van der Waals surface area (Å²) < 4.78 is 0. The highest BCUT2D eigenvalue weighted by Gasteiger charge is 2.32. The highest BCUT2D eigenvalue weighted by molar-refractivity contribution is 5.95. The molecule has 0 bridgehead atoms. The largest absolute Gasteiger partial charge is 0.379 e. The van der Waals surface area contributed by atoms with Gasteiger partial charge in [0, 0.05) is 32.3 Å². The maximum absolute atomic E-state index is 12.0. The van der Waals surface area contributed by atoms with E-state index in [-0.39, 0.29) is 17.0 Å². The second kappa shape index (κ2) is 5.71. The van der Waals surface area contributed by atoms with Gasteiger partial charge >= 0.3 is 0 Å². The van der Waals surface area contributed by atoms with E-state index in [1.807, 2.05) is 0 Å². The fraction of sp³-hybridized carbons (Fsp3) is 0.533. The summed E-state index contributed by atoms with van der Waals surface area (Å²) in [7, 11) is 3.32. The Morgan fingerprint density at radius 3 is 2.57 bits per heavy atom. The van der Waals surface area contributed by atoms with Crippen LogP contribution in [-0.2, 0) is 0 Å². The number of benzene rings is 1. The second-order valence-corrected chi connectivity index (χ2v) is 6.21. The molecule has 0 heterocycles. The Labute approximate surface area is 124 Å². The number of anilines is 1. The molecule has 0 aromatic heterocycles. The van der Waals surface area contributed by atoms with Gasteiger partial charge in [-0.25, -0.2) is 0 Å². The minimum absolute atomic E-state index is 0.00762. The van der Waals surface area contributed by atoms with Gasteiger partial charge in [0.1, 0.15) is 5.69 Å². The summed E-state index contributed by atoms with van der Waals surface area (Å²) in [5.41, 5.74) is 1.08. The Bertz CT molecular complexity index is 565. The monoisotopic (exact) mass is 291 g/mol. The van der Waals surface area contributed by atoms with E-state index >= 15 is 0 Å². The predicted octanol–water partition coefficient (Wildman–Crippen LogP) is 2.90. The molecule has 1 amide bonds. The van der Waals surface area contributed by atoms with Crippen molar-refractivity contribution < 1.29 is 9.72 Å². The zero-order valence-corrected chi connectivity index (χ0v) is 12.7. The topological polar surface area (TPSA) is 75.5 Å². The van der Waals surface area contributed by atoms with Crippen LogP contribution in [0.4, 0.5) is 11.4 Å². The van der Waals surface area contributed by atoms with E-state index in [1.165, 1.54) is 23.5 Å². The zero-order valence-electron chi connectivity index (χ0n) is 12.7. The molecule has 1 aliphatic rings. The first-order chi connectivity index (χ1) is 9.82. The van der Waals surface area contributed by atoms with Crippen LogP contribution in [0.3, 0.4) is 0 Å². The van der Waals surface area contributed by atoms with Crippen LogP contribution in [-0.4, -0.2) is 36.4 Å². The first-order valence-corrected chi connectivity index (χ1v) is 7.06. The normalized spacial score (nSPS) is 16.0. The van der Waals surface area contributed by atoms with Gasteiger partial charge in [0.05, 0.1) is 4.92 Å². The molecule has 0 radical (unpaired) electrons. The maximum Gasteiger partial charge on any atom is 0.292 e. The Morgan fingerprint density at radius 1 is 1.43 bits per heavy atom. The predicted molar refractivity (Wildman–Crippen MR) is 81.6 cm³/mol. The molecule has 1 aromatic carbocycles. The van der Waals surface area contributed by atoms with Gasteiger partial charge in [-0.05, 0) is 30.4 Å².